The molecule has 0 aromatic heterocycles. The lowest BCUT2D eigenvalue weighted by atomic mass is 10.1. The van der Waals surface area contributed by atoms with Crippen LogP contribution in [0.25, 0.3) is 0 Å². The Balaban J connectivity index is 2.68. The van der Waals surface area contributed by atoms with E-state index >= 15 is 0 Å². The molecule has 4 heteroatoms. The normalized spacial score (nSPS) is 10.1. The lowest BCUT2D eigenvalue weighted by molar-refractivity contribution is -0.141. The maximum absolute atomic E-state index is 11.0. The number of ether oxygens (including phenoxy) is 2. The first kappa shape index (κ1) is 13.5. The molecule has 0 atom stereocenters. The minimum atomic E-state index is -0.265. The third-order valence-corrected chi connectivity index (χ3v) is 2.54. The minimum Gasteiger partial charge on any atom is -0.492 e. The number of methoxy groups -OCH3 is 1. The molecule has 0 amide bonds. The van der Waals surface area contributed by atoms with Crippen molar-refractivity contribution in [2.45, 2.75) is 26.8 Å². The van der Waals surface area contributed by atoms with Gasteiger partial charge in [0.2, 0.25) is 0 Å². The first-order chi connectivity index (χ1) is 8.08. The maximum atomic E-state index is 11.0. The van der Waals surface area contributed by atoms with Crippen LogP contribution in [0, 0.1) is 13.8 Å². The summed E-state index contributed by atoms with van der Waals surface area (Å²) in [5.74, 6) is 0.560. The van der Waals surface area contributed by atoms with Gasteiger partial charge in [-0.25, -0.2) is 0 Å². The van der Waals surface area contributed by atoms with Gasteiger partial charge in [-0.1, -0.05) is 12.1 Å². The number of nitrogens with two attached hydrogens (primary N) is 1. The molecule has 0 radical (unpaired) electrons. The highest BCUT2D eigenvalue weighted by molar-refractivity contribution is 5.69. The summed E-state index contributed by atoms with van der Waals surface area (Å²) in [6.45, 7) is 4.79. The Kier molecular flexibility index (Phi) is 4.97. The van der Waals surface area contributed by atoms with Crippen LogP contribution in [0.3, 0.4) is 0 Å². The van der Waals surface area contributed by atoms with Gasteiger partial charge in [-0.3, -0.25) is 4.79 Å². The van der Waals surface area contributed by atoms with Crippen LogP contribution in [0.1, 0.15) is 23.1 Å². The van der Waals surface area contributed by atoms with E-state index in [9.17, 15) is 4.79 Å². The van der Waals surface area contributed by atoms with Crippen LogP contribution in [0.4, 0.5) is 0 Å². The average molecular weight is 237 g/mol. The SMILES string of the molecule is COC(=O)CCOc1c(C)cc(CN)cc1C. The number of hydrogen-bond acceptors (Lipinski definition) is 4. The van der Waals surface area contributed by atoms with Crippen LogP contribution < -0.4 is 10.5 Å². The number of benzene rings is 1. The Bertz CT molecular complexity index is 379. The average Bonchev–Trinajstić information content (AvgIpc) is 2.31. The number of hydrogen-bond donors (Lipinski definition) is 1. The van der Waals surface area contributed by atoms with Gasteiger partial charge in [0, 0.05) is 6.54 Å². The third kappa shape index (κ3) is 3.75. The van der Waals surface area contributed by atoms with E-state index in [2.05, 4.69) is 4.74 Å². The summed E-state index contributed by atoms with van der Waals surface area (Å²) in [7, 11) is 1.37. The van der Waals surface area contributed by atoms with Gasteiger partial charge >= 0.3 is 5.97 Å². The molecule has 0 spiro atoms. The van der Waals surface area contributed by atoms with Crippen molar-refractivity contribution in [3.05, 3.63) is 28.8 Å². The number of carbonyl (C=O) groups is 1. The van der Waals surface area contributed by atoms with Crippen LogP contribution in [0.2, 0.25) is 0 Å². The molecule has 0 saturated carbocycles. The molecule has 0 aliphatic heterocycles. The lowest BCUT2D eigenvalue weighted by Gasteiger charge is -2.13. The van der Waals surface area contributed by atoms with Crippen molar-refractivity contribution < 1.29 is 14.3 Å². The van der Waals surface area contributed by atoms with Gasteiger partial charge < -0.3 is 15.2 Å². The van der Waals surface area contributed by atoms with Crippen molar-refractivity contribution in [3.63, 3.8) is 0 Å². The van der Waals surface area contributed by atoms with Crippen LogP contribution in [0.5, 0.6) is 5.75 Å². The van der Waals surface area contributed by atoms with E-state index in [0.717, 1.165) is 22.4 Å². The predicted molar refractivity (Wildman–Crippen MR) is 65.9 cm³/mol. The Labute approximate surface area is 102 Å². The fourth-order valence-corrected chi connectivity index (χ4v) is 1.72. The van der Waals surface area contributed by atoms with Crippen LogP contribution in [0.15, 0.2) is 12.1 Å². The molecule has 0 bridgehead atoms. The molecule has 1 aromatic carbocycles. The summed E-state index contributed by atoms with van der Waals surface area (Å²) in [6.07, 6.45) is 0.258. The van der Waals surface area contributed by atoms with Gasteiger partial charge in [0.15, 0.2) is 0 Å². The van der Waals surface area contributed by atoms with Gasteiger partial charge in [0.05, 0.1) is 20.1 Å². The van der Waals surface area contributed by atoms with Crippen molar-refractivity contribution in [1.82, 2.24) is 0 Å². The zero-order valence-corrected chi connectivity index (χ0v) is 10.6. The molecule has 0 unspecified atom stereocenters. The number of aryl methyl sites for hydroxylation is 2. The molecule has 1 aromatic rings. The van der Waals surface area contributed by atoms with E-state index in [-0.39, 0.29) is 12.4 Å². The fraction of sp³-hybridized carbons (Fsp3) is 0.462. The molecular weight excluding hydrogens is 218 g/mol. The standard InChI is InChI=1S/C13H19NO3/c1-9-6-11(8-14)7-10(2)13(9)17-5-4-12(15)16-3/h6-7H,4-5,8,14H2,1-3H3. The molecule has 0 fully saturated rings. The molecular formula is C13H19NO3. The Morgan fingerprint density at radius 1 is 1.29 bits per heavy atom. The van der Waals surface area contributed by atoms with E-state index in [1.165, 1.54) is 7.11 Å². The second-order valence-corrected chi connectivity index (χ2v) is 3.94. The topological polar surface area (TPSA) is 61.5 Å². The second kappa shape index (κ2) is 6.25. The monoisotopic (exact) mass is 237 g/mol. The second-order valence-electron chi connectivity index (χ2n) is 3.94. The van der Waals surface area contributed by atoms with Crippen molar-refractivity contribution in [2.75, 3.05) is 13.7 Å². The first-order valence-electron chi connectivity index (χ1n) is 5.58. The van der Waals surface area contributed by atoms with Gasteiger partial charge in [-0.05, 0) is 30.5 Å². The van der Waals surface area contributed by atoms with E-state index in [0.29, 0.717) is 13.2 Å². The summed E-state index contributed by atoms with van der Waals surface area (Å²) in [4.78, 5) is 11.0. The molecule has 0 heterocycles. The maximum Gasteiger partial charge on any atom is 0.308 e. The largest absolute Gasteiger partial charge is 0.492 e. The Morgan fingerprint density at radius 2 is 1.88 bits per heavy atom. The van der Waals surface area contributed by atoms with Crippen molar-refractivity contribution >= 4 is 5.97 Å². The van der Waals surface area contributed by atoms with E-state index in [4.69, 9.17) is 10.5 Å². The van der Waals surface area contributed by atoms with Gasteiger partial charge in [0.1, 0.15) is 5.75 Å². The summed E-state index contributed by atoms with van der Waals surface area (Å²) in [6, 6.07) is 4.00. The summed E-state index contributed by atoms with van der Waals surface area (Å²) < 4.78 is 10.1. The number of esters is 1. The van der Waals surface area contributed by atoms with Crippen molar-refractivity contribution in [2.24, 2.45) is 5.73 Å². The molecule has 1 rings (SSSR count). The highest BCUT2D eigenvalue weighted by Gasteiger charge is 2.07. The smallest absolute Gasteiger partial charge is 0.308 e. The fourth-order valence-electron chi connectivity index (χ4n) is 1.72. The highest BCUT2D eigenvalue weighted by Crippen LogP contribution is 2.24. The molecule has 0 aliphatic rings. The molecule has 0 saturated heterocycles. The van der Waals surface area contributed by atoms with Crippen molar-refractivity contribution in [1.29, 1.82) is 0 Å². The zero-order chi connectivity index (χ0) is 12.8. The number of rotatable bonds is 5. The van der Waals surface area contributed by atoms with Crippen molar-refractivity contribution in [3.8, 4) is 5.75 Å². The molecule has 4 nitrogen and oxygen atoms in total. The van der Waals surface area contributed by atoms with E-state index < -0.39 is 0 Å². The van der Waals surface area contributed by atoms with Gasteiger partial charge in [0.25, 0.3) is 0 Å². The van der Waals surface area contributed by atoms with Gasteiger partial charge in [-0.15, -0.1) is 0 Å². The zero-order valence-electron chi connectivity index (χ0n) is 10.6. The van der Waals surface area contributed by atoms with E-state index in [1.54, 1.807) is 0 Å². The summed E-state index contributed by atoms with van der Waals surface area (Å²) in [5.41, 5.74) is 8.75. The highest BCUT2D eigenvalue weighted by atomic mass is 16.5. The Morgan fingerprint density at radius 3 is 2.35 bits per heavy atom. The van der Waals surface area contributed by atoms with Crippen LogP contribution >= 0.6 is 0 Å². The molecule has 17 heavy (non-hydrogen) atoms. The molecule has 94 valence electrons. The van der Waals surface area contributed by atoms with Crippen LogP contribution in [-0.4, -0.2) is 19.7 Å². The van der Waals surface area contributed by atoms with Crippen LogP contribution in [-0.2, 0) is 16.1 Å². The lowest BCUT2D eigenvalue weighted by Crippen LogP contribution is -2.09. The van der Waals surface area contributed by atoms with E-state index in [1.807, 2.05) is 26.0 Å². The Hall–Kier alpha value is -1.55. The molecule has 0 aliphatic carbocycles. The third-order valence-electron chi connectivity index (χ3n) is 2.54. The molecule has 2 N–H and O–H groups in total. The minimum absolute atomic E-state index is 0.258. The predicted octanol–water partition coefficient (Wildman–Crippen LogP) is 1.70. The number of carbonyl (C=O) groups excluding carboxylic acids is 1. The summed E-state index contributed by atoms with van der Waals surface area (Å²) >= 11 is 0. The quantitative estimate of drug-likeness (QED) is 0.792. The first-order valence-corrected chi connectivity index (χ1v) is 5.58. The van der Waals surface area contributed by atoms with Gasteiger partial charge in [-0.2, -0.15) is 0 Å². The summed E-state index contributed by atoms with van der Waals surface area (Å²) in [5, 5.41) is 0.